The topological polar surface area (TPSA) is 88.5 Å². The van der Waals surface area contributed by atoms with Crippen molar-refractivity contribution in [1.29, 1.82) is 0 Å². The highest BCUT2D eigenvalue weighted by Crippen LogP contribution is 2.17. The van der Waals surface area contributed by atoms with Crippen LogP contribution in [0.1, 0.15) is 46.7 Å². The highest BCUT2D eigenvalue weighted by Gasteiger charge is 2.10. The molecule has 0 aliphatic carbocycles. The maximum atomic E-state index is 12.1. The van der Waals surface area contributed by atoms with Crippen LogP contribution in [0.5, 0.6) is 5.75 Å². The zero-order valence-electron chi connectivity index (χ0n) is 14.2. The molecule has 1 aromatic carbocycles. The molecule has 0 spiro atoms. The van der Waals surface area contributed by atoms with E-state index in [4.69, 9.17) is 9.84 Å². The van der Waals surface area contributed by atoms with Crippen molar-refractivity contribution in [3.8, 4) is 5.75 Å². The van der Waals surface area contributed by atoms with E-state index in [2.05, 4.69) is 10.3 Å². The number of carboxylic acids is 1. The fourth-order valence-electron chi connectivity index (χ4n) is 2.28. The molecule has 0 fully saturated rings. The van der Waals surface area contributed by atoms with E-state index in [0.29, 0.717) is 25.1 Å². The highest BCUT2D eigenvalue weighted by atomic mass is 32.1. The molecule has 1 aromatic heterocycles. The van der Waals surface area contributed by atoms with E-state index in [1.54, 1.807) is 12.5 Å². The van der Waals surface area contributed by atoms with Crippen molar-refractivity contribution in [3.05, 3.63) is 45.9 Å². The van der Waals surface area contributed by atoms with E-state index in [0.717, 1.165) is 29.2 Å². The van der Waals surface area contributed by atoms with Crippen molar-refractivity contribution < 1.29 is 19.4 Å². The quantitative estimate of drug-likeness (QED) is 0.634. The van der Waals surface area contributed by atoms with Gasteiger partial charge < -0.3 is 15.2 Å². The van der Waals surface area contributed by atoms with E-state index in [1.165, 1.54) is 11.3 Å². The summed E-state index contributed by atoms with van der Waals surface area (Å²) in [5, 5.41) is 14.0. The van der Waals surface area contributed by atoms with Crippen LogP contribution >= 0.6 is 11.3 Å². The molecule has 7 heteroatoms. The molecule has 2 aromatic rings. The first-order valence-electron chi connectivity index (χ1n) is 8.16. The van der Waals surface area contributed by atoms with Gasteiger partial charge in [0.05, 0.1) is 12.1 Å². The number of ether oxygens (including phenoxy) is 1. The second-order valence-corrected chi connectivity index (χ2v) is 6.55. The van der Waals surface area contributed by atoms with Crippen molar-refractivity contribution in [2.45, 2.75) is 32.1 Å². The average Bonchev–Trinajstić information content (AvgIpc) is 3.07. The third kappa shape index (κ3) is 6.54. The molecule has 0 aliphatic rings. The Kier molecular flexibility index (Phi) is 7.40. The molecule has 0 aliphatic heterocycles. The molecule has 0 saturated carbocycles. The minimum atomic E-state index is -0.782. The molecule has 2 N–H and O–H groups in total. The molecule has 25 heavy (non-hydrogen) atoms. The van der Waals surface area contributed by atoms with Gasteiger partial charge >= 0.3 is 5.97 Å². The van der Waals surface area contributed by atoms with Crippen molar-refractivity contribution in [1.82, 2.24) is 10.3 Å². The number of benzene rings is 1. The summed E-state index contributed by atoms with van der Waals surface area (Å²) >= 11 is 1.46. The number of nitrogens with zero attached hydrogens (tertiary/aromatic N) is 1. The molecule has 0 bridgehead atoms. The summed E-state index contributed by atoms with van der Waals surface area (Å²) in [5.74, 6) is -0.155. The number of nitrogens with one attached hydrogen (secondary N) is 1. The number of hydrogen-bond acceptors (Lipinski definition) is 5. The van der Waals surface area contributed by atoms with Crippen LogP contribution in [0.2, 0.25) is 0 Å². The van der Waals surface area contributed by atoms with E-state index in [-0.39, 0.29) is 12.3 Å². The van der Waals surface area contributed by atoms with E-state index < -0.39 is 5.97 Å². The SMILES string of the molecule is COc1ccc(Cc2nc(C(=O)NCCCCCC(=O)O)cs2)cc1. The largest absolute Gasteiger partial charge is 0.497 e. The number of amides is 1. The van der Waals surface area contributed by atoms with Gasteiger partial charge in [-0.05, 0) is 30.5 Å². The van der Waals surface area contributed by atoms with Crippen molar-refractivity contribution in [2.24, 2.45) is 0 Å². The molecule has 134 valence electrons. The lowest BCUT2D eigenvalue weighted by Crippen LogP contribution is -2.24. The van der Waals surface area contributed by atoms with Gasteiger partial charge in [0, 0.05) is 24.8 Å². The van der Waals surface area contributed by atoms with Crippen LogP contribution in [0.4, 0.5) is 0 Å². The normalized spacial score (nSPS) is 10.4. The lowest BCUT2D eigenvalue weighted by atomic mass is 10.1. The van der Waals surface area contributed by atoms with Crippen molar-refractivity contribution in [3.63, 3.8) is 0 Å². The Morgan fingerprint density at radius 1 is 1.20 bits per heavy atom. The van der Waals surface area contributed by atoms with Gasteiger partial charge in [-0.1, -0.05) is 18.6 Å². The van der Waals surface area contributed by atoms with Crippen molar-refractivity contribution >= 4 is 23.2 Å². The third-order valence-corrected chi connectivity index (χ3v) is 4.50. The zero-order valence-corrected chi connectivity index (χ0v) is 15.0. The second kappa shape index (κ2) is 9.78. The van der Waals surface area contributed by atoms with Crippen molar-refractivity contribution in [2.75, 3.05) is 13.7 Å². The van der Waals surface area contributed by atoms with Gasteiger partial charge in [0.25, 0.3) is 5.91 Å². The molecule has 0 saturated heterocycles. The molecule has 6 nitrogen and oxygen atoms in total. The summed E-state index contributed by atoms with van der Waals surface area (Å²) in [7, 11) is 1.63. The molecule has 1 amide bonds. The number of methoxy groups -OCH3 is 1. The summed E-state index contributed by atoms with van der Waals surface area (Å²) < 4.78 is 5.13. The summed E-state index contributed by atoms with van der Waals surface area (Å²) in [6, 6.07) is 7.77. The summed E-state index contributed by atoms with van der Waals surface area (Å²) in [5.41, 5.74) is 1.54. The van der Waals surface area contributed by atoms with Gasteiger partial charge in [0.15, 0.2) is 0 Å². The van der Waals surface area contributed by atoms with Gasteiger partial charge in [-0.15, -0.1) is 11.3 Å². The van der Waals surface area contributed by atoms with E-state index >= 15 is 0 Å². The van der Waals surface area contributed by atoms with Gasteiger partial charge in [0.1, 0.15) is 11.4 Å². The first kappa shape index (κ1) is 18.9. The summed E-state index contributed by atoms with van der Waals surface area (Å²) in [6.07, 6.45) is 3.04. The molecule has 2 rings (SSSR count). The number of hydrogen-bond donors (Lipinski definition) is 2. The Morgan fingerprint density at radius 2 is 1.96 bits per heavy atom. The van der Waals surface area contributed by atoms with Gasteiger partial charge in [-0.25, -0.2) is 4.98 Å². The number of aliphatic carboxylic acids is 1. The smallest absolute Gasteiger partial charge is 0.303 e. The number of carbonyl (C=O) groups is 2. The minimum absolute atomic E-state index is 0.175. The average molecular weight is 362 g/mol. The maximum Gasteiger partial charge on any atom is 0.303 e. The Hall–Kier alpha value is -2.41. The predicted molar refractivity (Wildman–Crippen MR) is 96.4 cm³/mol. The van der Waals surface area contributed by atoms with Gasteiger partial charge in [-0.2, -0.15) is 0 Å². The summed E-state index contributed by atoms with van der Waals surface area (Å²) in [6.45, 7) is 0.532. The maximum absolute atomic E-state index is 12.1. The second-order valence-electron chi connectivity index (χ2n) is 5.61. The zero-order chi connectivity index (χ0) is 18.1. The number of unbranched alkanes of at least 4 members (excludes halogenated alkanes) is 2. The molecular weight excluding hydrogens is 340 g/mol. The molecule has 0 radical (unpaired) electrons. The first-order chi connectivity index (χ1) is 12.1. The number of carboxylic acid groups (broad SMARTS) is 1. The van der Waals surface area contributed by atoms with E-state index in [9.17, 15) is 9.59 Å². The standard InChI is InChI=1S/C18H22N2O4S/c1-24-14-8-6-13(7-9-14)11-16-20-15(12-25-16)18(23)19-10-4-2-3-5-17(21)22/h6-9,12H,2-5,10-11H2,1H3,(H,19,23)(H,21,22). The van der Waals surface area contributed by atoms with E-state index in [1.807, 2.05) is 24.3 Å². The van der Waals surface area contributed by atoms with Crippen LogP contribution in [0.15, 0.2) is 29.6 Å². The summed E-state index contributed by atoms with van der Waals surface area (Å²) in [4.78, 5) is 26.8. The number of carbonyl (C=O) groups excluding carboxylic acids is 1. The minimum Gasteiger partial charge on any atom is -0.497 e. The van der Waals surface area contributed by atoms with Crippen LogP contribution in [0.25, 0.3) is 0 Å². The lowest BCUT2D eigenvalue weighted by Gasteiger charge is -2.03. The molecule has 1 heterocycles. The number of thiazole rings is 1. The first-order valence-corrected chi connectivity index (χ1v) is 9.04. The third-order valence-electron chi connectivity index (χ3n) is 3.65. The Labute approximate surface area is 150 Å². The van der Waals surface area contributed by atoms with Crippen LogP contribution in [-0.4, -0.2) is 35.6 Å². The van der Waals surface area contributed by atoms with Crippen LogP contribution in [-0.2, 0) is 11.2 Å². The molecular formula is C18H22N2O4S. The van der Waals surface area contributed by atoms with Gasteiger partial charge in [0.2, 0.25) is 0 Å². The Balaban J connectivity index is 1.75. The number of rotatable bonds is 10. The fraction of sp³-hybridized carbons (Fsp3) is 0.389. The predicted octanol–water partition coefficient (Wildman–Crippen LogP) is 3.12. The Morgan fingerprint density at radius 3 is 2.64 bits per heavy atom. The number of aromatic nitrogens is 1. The van der Waals surface area contributed by atoms with Crippen LogP contribution < -0.4 is 10.1 Å². The molecule has 0 unspecified atom stereocenters. The van der Waals surface area contributed by atoms with Gasteiger partial charge in [-0.3, -0.25) is 9.59 Å². The van der Waals surface area contributed by atoms with Crippen LogP contribution in [0.3, 0.4) is 0 Å². The Bertz CT molecular complexity index is 697. The fourth-order valence-corrected chi connectivity index (χ4v) is 3.09. The lowest BCUT2D eigenvalue weighted by molar-refractivity contribution is -0.137. The monoisotopic (exact) mass is 362 g/mol. The highest BCUT2D eigenvalue weighted by molar-refractivity contribution is 7.09. The molecule has 0 atom stereocenters. The van der Waals surface area contributed by atoms with Crippen LogP contribution in [0, 0.1) is 0 Å².